The molecule has 0 aromatic rings. The summed E-state index contributed by atoms with van der Waals surface area (Å²) in [5, 5.41) is 0. The molecule has 1 heterocycles. The maximum atomic E-state index is 11.0. The standard InChI is InChI=1S/C5H12N2O3S/c1-10-5-2-6-11(8,9)7-3-4-7/h6H,2-5H2,1H3. The van der Waals surface area contributed by atoms with Gasteiger partial charge in [0.25, 0.3) is 10.2 Å². The van der Waals surface area contributed by atoms with Gasteiger partial charge >= 0.3 is 0 Å². The second kappa shape index (κ2) is 3.48. The summed E-state index contributed by atoms with van der Waals surface area (Å²) in [5.74, 6) is 0. The van der Waals surface area contributed by atoms with Crippen LogP contribution in [-0.2, 0) is 14.9 Å². The molecule has 1 saturated heterocycles. The molecule has 0 saturated carbocycles. The fraction of sp³-hybridized carbons (Fsp3) is 1.00. The van der Waals surface area contributed by atoms with Gasteiger partial charge < -0.3 is 4.74 Å². The molecule has 1 fully saturated rings. The van der Waals surface area contributed by atoms with Crippen LogP contribution in [0.5, 0.6) is 0 Å². The zero-order chi connectivity index (χ0) is 8.32. The summed E-state index contributed by atoms with van der Waals surface area (Å²) in [7, 11) is -1.62. The first-order valence-corrected chi connectivity index (χ1v) is 4.84. The molecular weight excluding hydrogens is 168 g/mol. The molecule has 1 rings (SSSR count). The van der Waals surface area contributed by atoms with Crippen LogP contribution in [0.15, 0.2) is 0 Å². The van der Waals surface area contributed by atoms with Crippen LogP contribution in [0.25, 0.3) is 0 Å². The zero-order valence-electron chi connectivity index (χ0n) is 6.41. The van der Waals surface area contributed by atoms with Crippen LogP contribution in [0.4, 0.5) is 0 Å². The van der Waals surface area contributed by atoms with Crippen LogP contribution in [0.1, 0.15) is 0 Å². The van der Waals surface area contributed by atoms with Crippen LogP contribution >= 0.6 is 0 Å². The molecule has 5 nitrogen and oxygen atoms in total. The molecule has 1 N–H and O–H groups in total. The van der Waals surface area contributed by atoms with Crippen molar-refractivity contribution in [1.82, 2.24) is 9.03 Å². The van der Waals surface area contributed by atoms with Gasteiger partial charge in [-0.25, -0.2) is 0 Å². The Bertz CT molecular complexity index is 210. The molecule has 0 bridgehead atoms. The van der Waals surface area contributed by atoms with E-state index in [0.29, 0.717) is 26.2 Å². The summed E-state index contributed by atoms with van der Waals surface area (Å²) < 4.78 is 30.5. The minimum absolute atomic E-state index is 0.343. The number of methoxy groups -OCH3 is 1. The normalized spacial score (nSPS) is 18.6. The van der Waals surface area contributed by atoms with Crippen LogP contribution in [0.3, 0.4) is 0 Å². The van der Waals surface area contributed by atoms with Crippen molar-refractivity contribution in [3.05, 3.63) is 0 Å². The smallest absolute Gasteiger partial charge is 0.279 e. The van der Waals surface area contributed by atoms with E-state index in [1.54, 1.807) is 0 Å². The third-order valence-electron chi connectivity index (χ3n) is 1.34. The number of hydrogen-bond acceptors (Lipinski definition) is 3. The Morgan fingerprint density at radius 1 is 1.55 bits per heavy atom. The topological polar surface area (TPSA) is 58.4 Å². The van der Waals surface area contributed by atoms with Crippen molar-refractivity contribution in [3.63, 3.8) is 0 Å². The average Bonchev–Trinajstić information content (AvgIpc) is 2.68. The van der Waals surface area contributed by atoms with E-state index in [4.69, 9.17) is 4.74 Å². The third kappa shape index (κ3) is 2.74. The first-order chi connectivity index (χ1) is 5.17. The molecule has 0 aliphatic carbocycles. The van der Waals surface area contributed by atoms with Gasteiger partial charge in [0, 0.05) is 26.7 Å². The Hall–Kier alpha value is -0.170. The quantitative estimate of drug-likeness (QED) is 0.426. The number of hydrogen-bond donors (Lipinski definition) is 1. The summed E-state index contributed by atoms with van der Waals surface area (Å²) in [6, 6.07) is 0. The predicted molar refractivity (Wildman–Crippen MR) is 40.4 cm³/mol. The van der Waals surface area contributed by atoms with Crippen molar-refractivity contribution in [1.29, 1.82) is 0 Å². The molecule has 0 radical (unpaired) electrons. The van der Waals surface area contributed by atoms with Crippen molar-refractivity contribution < 1.29 is 13.2 Å². The van der Waals surface area contributed by atoms with Crippen molar-refractivity contribution >= 4 is 10.2 Å². The van der Waals surface area contributed by atoms with Gasteiger partial charge in [-0.3, -0.25) is 0 Å². The van der Waals surface area contributed by atoms with E-state index in [1.807, 2.05) is 0 Å². The number of nitrogens with zero attached hydrogens (tertiary/aromatic N) is 1. The van der Waals surface area contributed by atoms with Crippen molar-refractivity contribution in [2.75, 3.05) is 33.4 Å². The van der Waals surface area contributed by atoms with Gasteiger partial charge in [-0.05, 0) is 0 Å². The molecule has 0 amide bonds. The predicted octanol–water partition coefficient (Wildman–Crippen LogP) is -1.22. The molecule has 0 spiro atoms. The van der Waals surface area contributed by atoms with Gasteiger partial charge in [-0.1, -0.05) is 0 Å². The molecule has 0 unspecified atom stereocenters. The minimum atomic E-state index is -3.16. The molecule has 1 aliphatic heterocycles. The van der Waals surface area contributed by atoms with E-state index < -0.39 is 10.2 Å². The highest BCUT2D eigenvalue weighted by atomic mass is 32.2. The lowest BCUT2D eigenvalue weighted by Gasteiger charge is -2.04. The van der Waals surface area contributed by atoms with Crippen molar-refractivity contribution in [3.8, 4) is 0 Å². The second-order valence-corrected chi connectivity index (χ2v) is 4.05. The molecule has 1 aliphatic rings. The van der Waals surface area contributed by atoms with E-state index in [2.05, 4.69) is 4.72 Å². The van der Waals surface area contributed by atoms with Gasteiger partial charge in [0.1, 0.15) is 0 Å². The minimum Gasteiger partial charge on any atom is -0.383 e. The molecular formula is C5H12N2O3S. The highest BCUT2D eigenvalue weighted by Gasteiger charge is 2.30. The van der Waals surface area contributed by atoms with E-state index in [-0.39, 0.29) is 0 Å². The van der Waals surface area contributed by atoms with Crippen molar-refractivity contribution in [2.45, 2.75) is 0 Å². The zero-order valence-corrected chi connectivity index (χ0v) is 7.23. The summed E-state index contributed by atoms with van der Waals surface area (Å²) in [5.41, 5.74) is 0. The van der Waals surface area contributed by atoms with Gasteiger partial charge in [-0.15, -0.1) is 0 Å². The molecule has 6 heteroatoms. The highest BCUT2D eigenvalue weighted by Crippen LogP contribution is 2.08. The number of ether oxygens (including phenoxy) is 1. The summed E-state index contributed by atoms with van der Waals surface area (Å²) in [4.78, 5) is 0. The molecule has 11 heavy (non-hydrogen) atoms. The van der Waals surface area contributed by atoms with Gasteiger partial charge in [0.05, 0.1) is 6.61 Å². The van der Waals surface area contributed by atoms with E-state index in [9.17, 15) is 8.42 Å². The van der Waals surface area contributed by atoms with Crippen LogP contribution in [0.2, 0.25) is 0 Å². The first-order valence-electron chi connectivity index (χ1n) is 3.40. The second-order valence-electron chi connectivity index (χ2n) is 2.29. The Labute approximate surface area is 66.5 Å². The maximum absolute atomic E-state index is 11.0. The van der Waals surface area contributed by atoms with E-state index >= 15 is 0 Å². The molecule has 66 valence electrons. The van der Waals surface area contributed by atoms with Gasteiger partial charge in [0.15, 0.2) is 0 Å². The Morgan fingerprint density at radius 2 is 2.18 bits per heavy atom. The molecule has 0 aromatic heterocycles. The lowest BCUT2D eigenvalue weighted by molar-refractivity contribution is 0.204. The third-order valence-corrected chi connectivity index (χ3v) is 2.95. The fourth-order valence-corrected chi connectivity index (χ4v) is 1.73. The van der Waals surface area contributed by atoms with Crippen molar-refractivity contribution in [2.24, 2.45) is 0 Å². The van der Waals surface area contributed by atoms with Gasteiger partial charge in [0.2, 0.25) is 0 Å². The highest BCUT2D eigenvalue weighted by molar-refractivity contribution is 7.87. The van der Waals surface area contributed by atoms with E-state index in [0.717, 1.165) is 0 Å². The van der Waals surface area contributed by atoms with E-state index in [1.165, 1.54) is 11.4 Å². The largest absolute Gasteiger partial charge is 0.383 e. The number of rotatable bonds is 5. The fourth-order valence-electron chi connectivity index (χ4n) is 0.645. The Balaban J connectivity index is 2.23. The Kier molecular flexibility index (Phi) is 2.83. The lowest BCUT2D eigenvalue weighted by Crippen LogP contribution is -2.32. The summed E-state index contributed by atoms with van der Waals surface area (Å²) >= 11 is 0. The first kappa shape index (κ1) is 8.92. The Morgan fingerprint density at radius 3 is 2.64 bits per heavy atom. The summed E-state index contributed by atoms with van der Waals surface area (Å²) in [6.45, 7) is 2.03. The molecule has 0 aromatic carbocycles. The van der Waals surface area contributed by atoms with Crippen LogP contribution in [0, 0.1) is 0 Å². The summed E-state index contributed by atoms with van der Waals surface area (Å²) in [6.07, 6.45) is 0. The monoisotopic (exact) mass is 180 g/mol. The lowest BCUT2D eigenvalue weighted by atomic mass is 10.7. The molecule has 0 atom stereocenters. The SMILES string of the molecule is COCCNS(=O)(=O)N1CC1. The van der Waals surface area contributed by atoms with Crippen LogP contribution in [-0.4, -0.2) is 46.1 Å². The van der Waals surface area contributed by atoms with Crippen LogP contribution < -0.4 is 4.72 Å². The average molecular weight is 180 g/mol. The maximum Gasteiger partial charge on any atom is 0.279 e. The number of nitrogens with one attached hydrogen (secondary N) is 1. The van der Waals surface area contributed by atoms with Gasteiger partial charge in [-0.2, -0.15) is 17.4 Å².